The first kappa shape index (κ1) is 24.2. The standard InChI is InChI=1S/C24H35N3O4/c1-8-17(3)31-20-11-16(2)9-10-19(20)15-27-24(25-4)26-14-18-12-21(28-5)23(30-7)22(13-18)29-6/h9-13,17H,8,14-15H2,1-7H3,(H2,25,26,27). The summed E-state index contributed by atoms with van der Waals surface area (Å²) in [6.45, 7) is 7.41. The predicted octanol–water partition coefficient (Wildman–Crippen LogP) is 4.06. The highest BCUT2D eigenvalue weighted by Crippen LogP contribution is 2.38. The summed E-state index contributed by atoms with van der Waals surface area (Å²) in [4.78, 5) is 4.33. The number of hydrogen-bond donors (Lipinski definition) is 2. The second-order valence-electron chi connectivity index (χ2n) is 7.26. The topological polar surface area (TPSA) is 73.3 Å². The maximum atomic E-state index is 6.10. The number of rotatable bonds is 10. The van der Waals surface area contributed by atoms with Crippen LogP contribution in [0.3, 0.4) is 0 Å². The number of benzene rings is 2. The van der Waals surface area contributed by atoms with E-state index in [1.807, 2.05) is 12.1 Å². The van der Waals surface area contributed by atoms with Gasteiger partial charge in [-0.2, -0.15) is 0 Å². The highest BCUT2D eigenvalue weighted by Gasteiger charge is 2.14. The molecule has 0 saturated carbocycles. The molecule has 0 radical (unpaired) electrons. The monoisotopic (exact) mass is 429 g/mol. The molecule has 7 heteroatoms. The minimum absolute atomic E-state index is 0.165. The summed E-state index contributed by atoms with van der Waals surface area (Å²) < 4.78 is 22.3. The van der Waals surface area contributed by atoms with Gasteiger partial charge in [-0.15, -0.1) is 0 Å². The maximum Gasteiger partial charge on any atom is 0.203 e. The van der Waals surface area contributed by atoms with Crippen molar-refractivity contribution in [3.05, 3.63) is 47.0 Å². The first-order valence-electron chi connectivity index (χ1n) is 10.4. The van der Waals surface area contributed by atoms with Crippen LogP contribution in [0.1, 0.15) is 37.0 Å². The lowest BCUT2D eigenvalue weighted by Crippen LogP contribution is -2.36. The van der Waals surface area contributed by atoms with Crippen molar-refractivity contribution in [2.24, 2.45) is 4.99 Å². The van der Waals surface area contributed by atoms with E-state index in [4.69, 9.17) is 18.9 Å². The summed E-state index contributed by atoms with van der Waals surface area (Å²) in [5.41, 5.74) is 3.24. The molecule has 1 atom stereocenters. The number of ether oxygens (including phenoxy) is 4. The van der Waals surface area contributed by atoms with Crippen LogP contribution >= 0.6 is 0 Å². The number of nitrogens with one attached hydrogen (secondary N) is 2. The van der Waals surface area contributed by atoms with Crippen molar-refractivity contribution in [2.75, 3.05) is 28.4 Å². The molecule has 0 heterocycles. The number of nitrogens with zero attached hydrogens (tertiary/aromatic N) is 1. The molecular formula is C24H35N3O4. The summed E-state index contributed by atoms with van der Waals surface area (Å²) in [6.07, 6.45) is 1.12. The van der Waals surface area contributed by atoms with E-state index in [0.717, 1.165) is 23.3 Å². The van der Waals surface area contributed by atoms with Crippen LogP contribution in [0.25, 0.3) is 0 Å². The Kier molecular flexibility index (Phi) is 9.31. The number of aliphatic imine (C=N–C) groups is 1. The molecule has 0 amide bonds. The second-order valence-corrected chi connectivity index (χ2v) is 7.26. The summed E-state index contributed by atoms with van der Waals surface area (Å²) in [7, 11) is 6.55. The van der Waals surface area contributed by atoms with Gasteiger partial charge in [0.2, 0.25) is 5.75 Å². The summed E-state index contributed by atoms with van der Waals surface area (Å²) in [5, 5.41) is 6.68. The van der Waals surface area contributed by atoms with Crippen LogP contribution in [0.2, 0.25) is 0 Å². The molecular weight excluding hydrogens is 394 g/mol. The molecule has 0 aliphatic heterocycles. The van der Waals surface area contributed by atoms with E-state index in [2.05, 4.69) is 54.6 Å². The Morgan fingerprint density at radius 2 is 1.58 bits per heavy atom. The zero-order valence-corrected chi connectivity index (χ0v) is 19.7. The van der Waals surface area contributed by atoms with Crippen LogP contribution in [0.15, 0.2) is 35.3 Å². The van der Waals surface area contributed by atoms with E-state index in [-0.39, 0.29) is 6.10 Å². The summed E-state index contributed by atoms with van der Waals surface area (Å²) >= 11 is 0. The maximum absolute atomic E-state index is 6.10. The van der Waals surface area contributed by atoms with E-state index >= 15 is 0 Å². The molecule has 7 nitrogen and oxygen atoms in total. The minimum Gasteiger partial charge on any atom is -0.493 e. The van der Waals surface area contributed by atoms with Crippen LogP contribution in [-0.4, -0.2) is 40.4 Å². The quantitative estimate of drug-likeness (QED) is 0.438. The van der Waals surface area contributed by atoms with Crippen molar-refractivity contribution < 1.29 is 18.9 Å². The van der Waals surface area contributed by atoms with Crippen LogP contribution in [0.4, 0.5) is 0 Å². The Balaban J connectivity index is 2.06. The smallest absolute Gasteiger partial charge is 0.203 e. The lowest BCUT2D eigenvalue weighted by Gasteiger charge is -2.19. The fraction of sp³-hybridized carbons (Fsp3) is 0.458. The van der Waals surface area contributed by atoms with Gasteiger partial charge in [0.1, 0.15) is 5.75 Å². The summed E-state index contributed by atoms with van der Waals surface area (Å²) in [5.74, 6) is 3.40. The Morgan fingerprint density at radius 3 is 2.13 bits per heavy atom. The molecule has 1 unspecified atom stereocenters. The van der Waals surface area contributed by atoms with Gasteiger partial charge in [0.25, 0.3) is 0 Å². The van der Waals surface area contributed by atoms with Crippen molar-refractivity contribution in [2.45, 2.75) is 46.4 Å². The lowest BCUT2D eigenvalue weighted by molar-refractivity contribution is 0.215. The van der Waals surface area contributed by atoms with E-state index in [0.29, 0.717) is 36.3 Å². The van der Waals surface area contributed by atoms with Gasteiger partial charge in [-0.3, -0.25) is 4.99 Å². The van der Waals surface area contributed by atoms with Crippen molar-refractivity contribution in [1.29, 1.82) is 0 Å². The van der Waals surface area contributed by atoms with Crippen molar-refractivity contribution >= 4 is 5.96 Å². The molecule has 0 aliphatic rings. The third-order valence-corrected chi connectivity index (χ3v) is 4.98. The Labute approximate surface area is 185 Å². The normalized spacial score (nSPS) is 12.2. The predicted molar refractivity (Wildman–Crippen MR) is 125 cm³/mol. The van der Waals surface area contributed by atoms with Gasteiger partial charge in [-0.25, -0.2) is 0 Å². The third kappa shape index (κ3) is 6.70. The average Bonchev–Trinajstić information content (AvgIpc) is 2.79. The van der Waals surface area contributed by atoms with Gasteiger partial charge >= 0.3 is 0 Å². The molecule has 170 valence electrons. The van der Waals surface area contributed by atoms with Gasteiger partial charge in [-0.05, 0) is 49.6 Å². The SMILES string of the molecule is CCC(C)Oc1cc(C)ccc1CNC(=NC)NCc1cc(OC)c(OC)c(OC)c1. The number of aryl methyl sites for hydroxylation is 1. The van der Waals surface area contributed by atoms with E-state index in [9.17, 15) is 0 Å². The summed E-state index contributed by atoms with van der Waals surface area (Å²) in [6, 6.07) is 10.1. The average molecular weight is 430 g/mol. The van der Waals surface area contributed by atoms with Gasteiger partial charge in [-0.1, -0.05) is 19.1 Å². The van der Waals surface area contributed by atoms with Crippen LogP contribution in [-0.2, 0) is 13.1 Å². The zero-order valence-electron chi connectivity index (χ0n) is 19.7. The molecule has 0 aromatic heterocycles. The molecule has 31 heavy (non-hydrogen) atoms. The van der Waals surface area contributed by atoms with Crippen LogP contribution in [0, 0.1) is 6.92 Å². The van der Waals surface area contributed by atoms with E-state index in [1.54, 1.807) is 28.4 Å². The first-order valence-corrected chi connectivity index (χ1v) is 10.4. The van der Waals surface area contributed by atoms with Crippen LogP contribution in [0.5, 0.6) is 23.0 Å². The molecule has 0 bridgehead atoms. The molecule has 2 aromatic carbocycles. The van der Waals surface area contributed by atoms with Crippen molar-refractivity contribution in [3.8, 4) is 23.0 Å². The molecule has 0 saturated heterocycles. The first-order chi connectivity index (χ1) is 14.9. The molecule has 2 aromatic rings. The lowest BCUT2D eigenvalue weighted by atomic mass is 10.1. The van der Waals surface area contributed by atoms with Crippen molar-refractivity contribution in [1.82, 2.24) is 10.6 Å². The van der Waals surface area contributed by atoms with Crippen molar-refractivity contribution in [3.63, 3.8) is 0 Å². The fourth-order valence-corrected chi connectivity index (χ4v) is 3.04. The van der Waals surface area contributed by atoms with Gasteiger partial charge < -0.3 is 29.6 Å². The van der Waals surface area contributed by atoms with E-state index in [1.165, 1.54) is 5.56 Å². The molecule has 0 aliphatic carbocycles. The molecule has 2 rings (SSSR count). The van der Waals surface area contributed by atoms with Gasteiger partial charge in [0, 0.05) is 25.7 Å². The fourth-order valence-electron chi connectivity index (χ4n) is 3.04. The Hall–Kier alpha value is -3.09. The molecule has 0 fully saturated rings. The number of hydrogen-bond acceptors (Lipinski definition) is 5. The van der Waals surface area contributed by atoms with Gasteiger partial charge in [0.15, 0.2) is 17.5 Å². The zero-order chi connectivity index (χ0) is 22.8. The Bertz CT molecular complexity index is 858. The Morgan fingerprint density at radius 1 is 0.935 bits per heavy atom. The van der Waals surface area contributed by atoms with Gasteiger partial charge in [0.05, 0.1) is 27.4 Å². The highest BCUT2D eigenvalue weighted by molar-refractivity contribution is 5.79. The van der Waals surface area contributed by atoms with Crippen LogP contribution < -0.4 is 29.6 Å². The second kappa shape index (κ2) is 11.9. The highest BCUT2D eigenvalue weighted by atomic mass is 16.5. The van der Waals surface area contributed by atoms with E-state index < -0.39 is 0 Å². The number of methoxy groups -OCH3 is 3. The largest absolute Gasteiger partial charge is 0.493 e. The molecule has 2 N–H and O–H groups in total. The third-order valence-electron chi connectivity index (χ3n) is 4.98. The minimum atomic E-state index is 0.165. The molecule has 0 spiro atoms. The number of guanidine groups is 1.